The number of benzene rings is 2. The number of amides is 2. The van der Waals surface area contributed by atoms with Gasteiger partial charge in [-0.15, -0.1) is 0 Å². The van der Waals surface area contributed by atoms with E-state index in [1.165, 1.54) is 12.1 Å². The summed E-state index contributed by atoms with van der Waals surface area (Å²) in [4.78, 5) is 28.9. The molecule has 6 nitrogen and oxygen atoms in total. The van der Waals surface area contributed by atoms with Gasteiger partial charge in [-0.1, -0.05) is 32.0 Å². The minimum Gasteiger partial charge on any atom is -0.486 e. The molecule has 0 saturated heterocycles. The lowest BCUT2D eigenvalue weighted by atomic mass is 9.87. The molecule has 7 heteroatoms. The molecule has 4 rings (SSSR count). The number of hydrogen-bond acceptors (Lipinski definition) is 4. The fourth-order valence-corrected chi connectivity index (χ4v) is 4.51. The normalized spacial score (nSPS) is 15.1. The van der Waals surface area contributed by atoms with Crippen LogP contribution in [0.4, 0.5) is 4.39 Å². The van der Waals surface area contributed by atoms with Crippen molar-refractivity contribution in [3.63, 3.8) is 0 Å². The molecule has 0 aliphatic carbocycles. The number of halogens is 1. The molecule has 0 radical (unpaired) electrons. The highest BCUT2D eigenvalue weighted by Crippen LogP contribution is 2.38. The van der Waals surface area contributed by atoms with Crippen molar-refractivity contribution >= 4 is 11.8 Å². The molecule has 0 fully saturated rings. The Hall–Kier alpha value is -3.61. The topological polar surface area (TPSA) is 63.0 Å². The van der Waals surface area contributed by atoms with Crippen LogP contribution in [0.15, 0.2) is 59.0 Å². The second-order valence-corrected chi connectivity index (χ2v) is 9.63. The van der Waals surface area contributed by atoms with Gasteiger partial charge in [-0.2, -0.15) is 0 Å². The molecule has 0 bridgehead atoms. The van der Waals surface area contributed by atoms with Gasteiger partial charge in [0.1, 0.15) is 23.9 Å². The highest BCUT2D eigenvalue weighted by molar-refractivity contribution is 5.91. The van der Waals surface area contributed by atoms with Crippen molar-refractivity contribution in [2.45, 2.75) is 46.3 Å². The van der Waals surface area contributed by atoms with E-state index in [4.69, 9.17) is 9.15 Å². The Morgan fingerprint density at radius 2 is 1.97 bits per heavy atom. The minimum absolute atomic E-state index is 0.0565. The van der Waals surface area contributed by atoms with Crippen LogP contribution in [-0.4, -0.2) is 41.8 Å². The number of nitrogens with zero attached hydrogens (tertiary/aromatic N) is 2. The summed E-state index contributed by atoms with van der Waals surface area (Å²) in [5, 5.41) is 0. The molecule has 1 unspecified atom stereocenters. The second kappa shape index (κ2) is 11.0. The van der Waals surface area contributed by atoms with Gasteiger partial charge >= 0.3 is 0 Å². The predicted molar refractivity (Wildman–Crippen MR) is 135 cm³/mol. The SMILES string of the molecule is CCN(C)C(=O)c1ccc(COc2ccc3c(c2)C(c2cccc(F)c2)N(C(=O)CC(C)C)CC3)o1. The molecular weight excluding hydrogens is 459 g/mol. The number of ether oxygens (including phenoxy) is 1. The molecule has 2 aromatic carbocycles. The zero-order chi connectivity index (χ0) is 25.8. The number of furan rings is 1. The van der Waals surface area contributed by atoms with Crippen molar-refractivity contribution in [2.75, 3.05) is 20.1 Å². The molecular formula is C29H33FN2O4. The Balaban J connectivity index is 1.59. The van der Waals surface area contributed by atoms with Crippen molar-refractivity contribution in [3.05, 3.63) is 88.6 Å². The van der Waals surface area contributed by atoms with E-state index in [2.05, 4.69) is 0 Å². The quantitative estimate of drug-likeness (QED) is 0.410. The largest absolute Gasteiger partial charge is 0.486 e. The molecule has 1 aliphatic rings. The second-order valence-electron chi connectivity index (χ2n) is 9.63. The average Bonchev–Trinajstić information content (AvgIpc) is 3.34. The van der Waals surface area contributed by atoms with E-state index in [0.29, 0.717) is 31.0 Å². The van der Waals surface area contributed by atoms with Crippen LogP contribution in [0.2, 0.25) is 0 Å². The predicted octanol–water partition coefficient (Wildman–Crippen LogP) is 5.61. The van der Waals surface area contributed by atoms with Crippen molar-refractivity contribution < 1.29 is 23.1 Å². The third-order valence-corrected chi connectivity index (χ3v) is 6.49. The first-order chi connectivity index (χ1) is 17.3. The monoisotopic (exact) mass is 492 g/mol. The summed E-state index contributed by atoms with van der Waals surface area (Å²) in [6.45, 7) is 7.26. The summed E-state index contributed by atoms with van der Waals surface area (Å²) in [7, 11) is 1.72. The van der Waals surface area contributed by atoms with Gasteiger partial charge in [-0.05, 0) is 72.4 Å². The molecule has 1 aromatic heterocycles. The van der Waals surface area contributed by atoms with E-state index in [-0.39, 0.29) is 35.9 Å². The lowest BCUT2D eigenvalue weighted by Gasteiger charge is -2.38. The van der Waals surface area contributed by atoms with Gasteiger partial charge in [0.05, 0.1) is 6.04 Å². The van der Waals surface area contributed by atoms with Crippen molar-refractivity contribution in [2.24, 2.45) is 5.92 Å². The molecule has 2 heterocycles. The molecule has 2 amide bonds. The Bertz CT molecular complexity index is 1240. The van der Waals surface area contributed by atoms with Gasteiger partial charge in [-0.3, -0.25) is 9.59 Å². The van der Waals surface area contributed by atoms with E-state index in [1.54, 1.807) is 30.1 Å². The first kappa shape index (κ1) is 25.5. The number of carbonyl (C=O) groups is 2. The van der Waals surface area contributed by atoms with Crippen LogP contribution in [0, 0.1) is 11.7 Å². The molecule has 0 spiro atoms. The van der Waals surface area contributed by atoms with Gasteiger partial charge in [0.25, 0.3) is 5.91 Å². The zero-order valence-electron chi connectivity index (χ0n) is 21.3. The maximum Gasteiger partial charge on any atom is 0.289 e. The number of rotatable bonds is 8. The highest BCUT2D eigenvalue weighted by atomic mass is 19.1. The molecule has 190 valence electrons. The smallest absolute Gasteiger partial charge is 0.289 e. The van der Waals surface area contributed by atoms with Gasteiger partial charge in [0.15, 0.2) is 5.76 Å². The first-order valence-electron chi connectivity index (χ1n) is 12.4. The van der Waals surface area contributed by atoms with Crippen LogP contribution >= 0.6 is 0 Å². The summed E-state index contributed by atoms with van der Waals surface area (Å²) < 4.78 is 25.9. The molecule has 36 heavy (non-hydrogen) atoms. The lowest BCUT2D eigenvalue weighted by molar-refractivity contribution is -0.134. The maximum atomic E-state index is 14.2. The molecule has 0 N–H and O–H groups in total. The maximum absolute atomic E-state index is 14.2. The molecule has 3 aromatic rings. The number of hydrogen-bond donors (Lipinski definition) is 0. The first-order valence-corrected chi connectivity index (χ1v) is 12.4. The third kappa shape index (κ3) is 5.61. The van der Waals surface area contributed by atoms with Crippen LogP contribution in [-0.2, 0) is 17.8 Å². The van der Waals surface area contributed by atoms with Crippen molar-refractivity contribution in [1.82, 2.24) is 9.80 Å². The van der Waals surface area contributed by atoms with Gasteiger partial charge in [0.2, 0.25) is 5.91 Å². The summed E-state index contributed by atoms with van der Waals surface area (Å²) in [6.07, 6.45) is 1.16. The van der Waals surface area contributed by atoms with Crippen molar-refractivity contribution in [3.8, 4) is 5.75 Å². The molecule has 1 atom stereocenters. The van der Waals surface area contributed by atoms with E-state index in [1.807, 2.05) is 49.9 Å². The summed E-state index contributed by atoms with van der Waals surface area (Å²) in [5.41, 5.74) is 2.78. The van der Waals surface area contributed by atoms with E-state index < -0.39 is 6.04 Å². The van der Waals surface area contributed by atoms with Gasteiger partial charge in [0, 0.05) is 26.6 Å². The molecule has 1 aliphatic heterocycles. The summed E-state index contributed by atoms with van der Waals surface area (Å²) in [6, 6.07) is 15.3. The minimum atomic E-state index is -0.392. The molecule has 0 saturated carbocycles. The lowest BCUT2D eigenvalue weighted by Crippen LogP contribution is -2.41. The Morgan fingerprint density at radius 1 is 1.17 bits per heavy atom. The zero-order valence-corrected chi connectivity index (χ0v) is 21.3. The number of carbonyl (C=O) groups excluding carboxylic acids is 2. The standard InChI is InChI=1S/C29H33FN2O4/c1-5-31(4)29(34)26-12-11-24(36-26)18-35-23-10-9-20-13-14-32(27(33)15-19(2)3)28(25(20)17-23)21-7-6-8-22(30)16-21/h6-12,16-17,19,28H,5,13-15,18H2,1-4H3. The Kier molecular flexibility index (Phi) is 7.77. The highest BCUT2D eigenvalue weighted by Gasteiger charge is 2.32. The van der Waals surface area contributed by atoms with E-state index in [0.717, 1.165) is 23.1 Å². The summed E-state index contributed by atoms with van der Waals surface area (Å²) in [5.74, 6) is 1.19. The van der Waals surface area contributed by atoms with Crippen LogP contribution in [0.1, 0.15) is 66.2 Å². The van der Waals surface area contributed by atoms with Crippen molar-refractivity contribution in [1.29, 1.82) is 0 Å². The van der Waals surface area contributed by atoms with Crippen LogP contribution in [0.5, 0.6) is 5.75 Å². The summed E-state index contributed by atoms with van der Waals surface area (Å²) >= 11 is 0. The number of fused-ring (bicyclic) bond motifs is 1. The van der Waals surface area contributed by atoms with E-state index >= 15 is 0 Å². The van der Waals surface area contributed by atoms with E-state index in [9.17, 15) is 14.0 Å². The van der Waals surface area contributed by atoms with Crippen LogP contribution < -0.4 is 4.74 Å². The average molecular weight is 493 g/mol. The van der Waals surface area contributed by atoms with Gasteiger partial charge in [-0.25, -0.2) is 4.39 Å². The Labute approximate surface area is 211 Å². The fraction of sp³-hybridized carbons (Fsp3) is 0.379. The van der Waals surface area contributed by atoms with Crippen LogP contribution in [0.25, 0.3) is 0 Å². The van der Waals surface area contributed by atoms with Gasteiger partial charge < -0.3 is 19.0 Å². The Morgan fingerprint density at radius 3 is 2.69 bits per heavy atom. The van der Waals surface area contributed by atoms with Crippen LogP contribution in [0.3, 0.4) is 0 Å². The third-order valence-electron chi connectivity index (χ3n) is 6.49. The fourth-order valence-electron chi connectivity index (χ4n) is 4.51.